The third-order valence-corrected chi connectivity index (χ3v) is 4.34. The van der Waals surface area contributed by atoms with E-state index in [9.17, 15) is 9.59 Å². The van der Waals surface area contributed by atoms with Crippen LogP contribution in [0.3, 0.4) is 0 Å². The van der Waals surface area contributed by atoms with E-state index >= 15 is 0 Å². The van der Waals surface area contributed by atoms with Gasteiger partial charge in [0.1, 0.15) is 0 Å². The van der Waals surface area contributed by atoms with Gasteiger partial charge in [0.15, 0.2) is 0 Å². The van der Waals surface area contributed by atoms with Gasteiger partial charge >= 0.3 is 0 Å². The number of nitrogens with zero attached hydrogens (tertiary/aromatic N) is 1. The molecule has 1 atom stereocenters. The van der Waals surface area contributed by atoms with Gasteiger partial charge in [-0.15, -0.1) is 25.6 Å². The first-order valence-corrected chi connectivity index (χ1v) is 8.75. The molecule has 1 aliphatic heterocycles. The summed E-state index contributed by atoms with van der Waals surface area (Å²) in [5.41, 5.74) is 1.30. The van der Waals surface area contributed by atoms with Crippen LogP contribution in [-0.4, -0.2) is 42.9 Å². The van der Waals surface area contributed by atoms with Gasteiger partial charge in [-0.25, -0.2) is 0 Å². The molecule has 1 aliphatic rings. The van der Waals surface area contributed by atoms with E-state index < -0.39 is 0 Å². The Kier molecular flexibility index (Phi) is 9.70. The van der Waals surface area contributed by atoms with Gasteiger partial charge in [-0.2, -0.15) is 0 Å². The van der Waals surface area contributed by atoms with Crippen LogP contribution in [0.4, 0.5) is 5.69 Å². The van der Waals surface area contributed by atoms with Crippen LogP contribution in [-0.2, 0) is 4.79 Å². The highest BCUT2D eigenvalue weighted by Gasteiger charge is 2.16. The summed E-state index contributed by atoms with van der Waals surface area (Å²) in [5, 5.41) is 6.20. The summed E-state index contributed by atoms with van der Waals surface area (Å²) >= 11 is 0. The van der Waals surface area contributed by atoms with Crippen LogP contribution in [0.25, 0.3) is 0 Å². The molecule has 1 aromatic carbocycles. The molecule has 2 rings (SSSR count). The van der Waals surface area contributed by atoms with Crippen molar-refractivity contribution < 1.29 is 9.59 Å². The molecule has 0 radical (unpaired) electrons. The van der Waals surface area contributed by atoms with Crippen molar-refractivity contribution in [2.45, 2.75) is 19.3 Å². The first-order chi connectivity index (χ1) is 12.1. The summed E-state index contributed by atoms with van der Waals surface area (Å²) in [5.74, 6) is 0.545. The van der Waals surface area contributed by atoms with Crippen LogP contribution in [0, 0.1) is 5.92 Å². The first-order valence-electron chi connectivity index (χ1n) is 8.75. The highest BCUT2D eigenvalue weighted by molar-refractivity contribution is 5.96. The maximum Gasteiger partial charge on any atom is 0.254 e. The van der Waals surface area contributed by atoms with E-state index in [1.165, 1.54) is 0 Å². The van der Waals surface area contributed by atoms with E-state index in [-0.39, 0.29) is 24.2 Å². The molecule has 5 nitrogen and oxygen atoms in total. The van der Waals surface area contributed by atoms with Gasteiger partial charge in [-0.3, -0.25) is 9.59 Å². The number of rotatable bonds is 9. The largest absolute Gasteiger partial charge is 0.331 e. The lowest BCUT2D eigenvalue weighted by molar-refractivity contribution is -0.116. The molecule has 26 heavy (non-hydrogen) atoms. The van der Waals surface area contributed by atoms with Gasteiger partial charge in [-0.05, 0) is 56.1 Å². The fraction of sp³-hybridized carbons (Fsp3) is 0.400. The zero-order valence-corrected chi connectivity index (χ0v) is 15.9. The van der Waals surface area contributed by atoms with Crippen molar-refractivity contribution in [1.29, 1.82) is 0 Å². The van der Waals surface area contributed by atoms with Gasteiger partial charge < -0.3 is 15.5 Å². The lowest BCUT2D eigenvalue weighted by atomic mass is 10.0. The third-order valence-electron chi connectivity index (χ3n) is 4.34. The maximum absolute atomic E-state index is 12.4. The molecule has 1 aromatic rings. The Bertz CT molecular complexity index is 600. The second-order valence-corrected chi connectivity index (χ2v) is 6.31. The number of benzene rings is 1. The maximum atomic E-state index is 12.4. The van der Waals surface area contributed by atoms with Crippen molar-refractivity contribution in [3.63, 3.8) is 0 Å². The van der Waals surface area contributed by atoms with Gasteiger partial charge in [0.05, 0.1) is 0 Å². The van der Waals surface area contributed by atoms with Crippen molar-refractivity contribution in [2.24, 2.45) is 5.92 Å². The number of hydrogen-bond acceptors (Lipinski definition) is 3. The van der Waals surface area contributed by atoms with Crippen molar-refractivity contribution in [3.8, 4) is 0 Å². The zero-order valence-electron chi connectivity index (χ0n) is 15.1. The zero-order chi connectivity index (χ0) is 18.1. The Labute approximate surface area is 161 Å². The molecule has 142 valence electrons. The van der Waals surface area contributed by atoms with E-state index in [1.54, 1.807) is 41.3 Å². The Balaban J connectivity index is 0.00000338. The quantitative estimate of drug-likeness (QED) is 0.649. The van der Waals surface area contributed by atoms with Gasteiger partial charge in [0.2, 0.25) is 5.91 Å². The molecule has 1 fully saturated rings. The fourth-order valence-corrected chi connectivity index (χ4v) is 2.95. The number of carbonyl (C=O) groups is 2. The summed E-state index contributed by atoms with van der Waals surface area (Å²) in [6.07, 6.45) is 5.97. The van der Waals surface area contributed by atoms with Crippen molar-refractivity contribution in [2.75, 3.05) is 31.5 Å². The molecule has 2 amide bonds. The Morgan fingerprint density at radius 2 is 1.85 bits per heavy atom. The van der Waals surface area contributed by atoms with E-state index in [4.69, 9.17) is 0 Å². The topological polar surface area (TPSA) is 61.4 Å². The molecule has 1 heterocycles. The number of hydrogen-bond donors (Lipinski definition) is 2. The van der Waals surface area contributed by atoms with Gasteiger partial charge in [0, 0.05) is 30.8 Å². The Morgan fingerprint density at radius 3 is 2.38 bits per heavy atom. The molecule has 1 saturated heterocycles. The number of halogens is 1. The van der Waals surface area contributed by atoms with Crippen LogP contribution >= 0.6 is 12.4 Å². The number of anilines is 1. The third kappa shape index (κ3) is 6.65. The molecular formula is C20H28ClN3O2. The minimum absolute atomic E-state index is 0. The van der Waals surface area contributed by atoms with E-state index in [2.05, 4.69) is 23.8 Å². The molecule has 6 heteroatoms. The summed E-state index contributed by atoms with van der Waals surface area (Å²) in [6.45, 7) is 10.3. The summed E-state index contributed by atoms with van der Waals surface area (Å²) < 4.78 is 0. The number of nitrogens with one attached hydrogen (secondary N) is 2. The minimum Gasteiger partial charge on any atom is -0.331 e. The highest BCUT2D eigenvalue weighted by Crippen LogP contribution is 2.16. The van der Waals surface area contributed by atoms with E-state index in [1.807, 2.05) is 0 Å². The number of carbonyl (C=O) groups excluding carboxylic acids is 2. The second-order valence-electron chi connectivity index (χ2n) is 6.31. The van der Waals surface area contributed by atoms with Crippen molar-refractivity contribution in [1.82, 2.24) is 10.2 Å². The average Bonchev–Trinajstić information content (AvgIpc) is 3.13. The first kappa shape index (κ1) is 21.9. The summed E-state index contributed by atoms with van der Waals surface area (Å²) in [7, 11) is 0. The second kappa shape index (κ2) is 11.5. The lowest BCUT2D eigenvalue weighted by Crippen LogP contribution is -2.31. The summed E-state index contributed by atoms with van der Waals surface area (Å²) in [4.78, 5) is 26.1. The normalized spacial score (nSPS) is 15.6. The fourth-order valence-electron chi connectivity index (χ4n) is 2.95. The molecule has 0 bridgehead atoms. The monoisotopic (exact) mass is 377 g/mol. The number of amides is 2. The molecule has 0 aromatic heterocycles. The van der Waals surface area contributed by atoms with E-state index in [0.29, 0.717) is 36.7 Å². The predicted octanol–water partition coefficient (Wildman–Crippen LogP) is 3.25. The average molecular weight is 378 g/mol. The summed E-state index contributed by atoms with van der Waals surface area (Å²) in [6, 6.07) is 7.00. The van der Waals surface area contributed by atoms with Crippen molar-refractivity contribution in [3.05, 3.63) is 55.1 Å². The van der Waals surface area contributed by atoms with E-state index in [0.717, 1.165) is 25.9 Å². The Morgan fingerprint density at radius 1 is 1.19 bits per heavy atom. The van der Waals surface area contributed by atoms with Crippen LogP contribution < -0.4 is 10.6 Å². The smallest absolute Gasteiger partial charge is 0.254 e. The van der Waals surface area contributed by atoms with Crippen LogP contribution in [0.5, 0.6) is 0 Å². The van der Waals surface area contributed by atoms with Gasteiger partial charge in [-0.1, -0.05) is 12.2 Å². The van der Waals surface area contributed by atoms with Crippen LogP contribution in [0.15, 0.2) is 49.6 Å². The molecular weight excluding hydrogens is 350 g/mol. The molecule has 0 aliphatic carbocycles. The molecule has 0 spiro atoms. The van der Waals surface area contributed by atoms with Crippen LogP contribution in [0.1, 0.15) is 29.6 Å². The standard InChI is InChI=1S/C20H27N3O2.ClH/c1-3-13-23(14-4-2)20(25)17-6-8-18(9-7-17)22-19(24)10-5-16-11-12-21-15-16;/h3-4,6-9,16,21H,1-2,5,10-15H2,(H,22,24);1H. The Hall–Kier alpha value is -2.11. The van der Waals surface area contributed by atoms with Crippen molar-refractivity contribution >= 4 is 29.9 Å². The SMILES string of the molecule is C=CCN(CC=C)C(=O)c1ccc(NC(=O)CCC2CCNC2)cc1.Cl. The molecule has 1 unspecified atom stereocenters. The molecule has 0 saturated carbocycles. The minimum atomic E-state index is -0.0774. The molecule has 2 N–H and O–H groups in total. The highest BCUT2D eigenvalue weighted by atomic mass is 35.5. The van der Waals surface area contributed by atoms with Crippen LogP contribution in [0.2, 0.25) is 0 Å². The van der Waals surface area contributed by atoms with Gasteiger partial charge in [0.25, 0.3) is 5.91 Å². The lowest BCUT2D eigenvalue weighted by Gasteiger charge is -2.19. The predicted molar refractivity (Wildman–Crippen MR) is 109 cm³/mol.